The number of hydrogen-bond acceptors (Lipinski definition) is 8. The van der Waals surface area contributed by atoms with Crippen LogP contribution in [0, 0.1) is 6.92 Å². The Morgan fingerprint density at radius 2 is 2.00 bits per heavy atom. The molecule has 0 spiro atoms. The van der Waals surface area contributed by atoms with Crippen LogP contribution in [0.3, 0.4) is 0 Å². The number of thiophene rings is 1. The van der Waals surface area contributed by atoms with Crippen molar-refractivity contribution in [3.63, 3.8) is 0 Å². The number of ether oxygens (including phenoxy) is 3. The smallest absolute Gasteiger partial charge is 0.348 e. The molecule has 0 saturated carbocycles. The van der Waals surface area contributed by atoms with Crippen molar-refractivity contribution in [3.05, 3.63) is 51.4 Å². The molecule has 2 heterocycles. The summed E-state index contributed by atoms with van der Waals surface area (Å²) in [5.41, 5.74) is 1.86. The highest BCUT2D eigenvalue weighted by Crippen LogP contribution is 2.39. The summed E-state index contributed by atoms with van der Waals surface area (Å²) < 4.78 is 15.5. The zero-order chi connectivity index (χ0) is 20.3. The van der Waals surface area contributed by atoms with E-state index >= 15 is 0 Å². The first-order chi connectivity index (χ1) is 13.5. The van der Waals surface area contributed by atoms with Crippen molar-refractivity contribution in [1.82, 2.24) is 0 Å². The van der Waals surface area contributed by atoms with Gasteiger partial charge in [0.25, 0.3) is 0 Å². The minimum absolute atomic E-state index is 0.252. The van der Waals surface area contributed by atoms with Gasteiger partial charge < -0.3 is 19.5 Å². The maximum Gasteiger partial charge on any atom is 0.348 e. The summed E-state index contributed by atoms with van der Waals surface area (Å²) in [6.07, 6.45) is 0.882. The quantitative estimate of drug-likeness (QED) is 0.423. The molecule has 148 valence electrons. The number of carbonyl (C=O) groups is 3. The molecule has 0 unspecified atom stereocenters. The largest absolute Gasteiger partial charge is 0.465 e. The number of hydrogen-bond donors (Lipinski definition) is 1. The van der Waals surface area contributed by atoms with E-state index in [1.54, 1.807) is 31.2 Å². The van der Waals surface area contributed by atoms with Crippen molar-refractivity contribution >= 4 is 34.2 Å². The summed E-state index contributed by atoms with van der Waals surface area (Å²) in [6, 6.07) is 7.01. The molecule has 0 aliphatic carbocycles. The molecule has 0 saturated heterocycles. The number of carbonyl (C=O) groups excluding carboxylic acids is 3. The van der Waals surface area contributed by atoms with Gasteiger partial charge in [-0.1, -0.05) is 31.5 Å². The van der Waals surface area contributed by atoms with Crippen molar-refractivity contribution in [3.8, 4) is 0 Å². The van der Waals surface area contributed by atoms with E-state index in [0.29, 0.717) is 33.2 Å². The van der Waals surface area contributed by atoms with E-state index in [-0.39, 0.29) is 5.56 Å². The van der Waals surface area contributed by atoms with E-state index in [2.05, 4.69) is 5.32 Å². The first kappa shape index (κ1) is 19.9. The number of fused-ring (bicyclic) bond motifs is 1. The van der Waals surface area contributed by atoms with Crippen molar-refractivity contribution in [2.24, 2.45) is 0 Å². The summed E-state index contributed by atoms with van der Waals surface area (Å²) >= 11 is 1.07. The summed E-state index contributed by atoms with van der Waals surface area (Å²) in [7, 11) is 1.28. The molecule has 2 aromatic rings. The second-order valence-corrected chi connectivity index (χ2v) is 7.28. The Bertz CT molecular complexity index is 919. The standard InChI is InChI=1S/C20H21NO6S/c1-4-5-10-26-19(23)14-11(2)15(20(24)25-3)28-17(14)21-16-12-8-6-7-9-13(12)18(22)27-16/h6-9,16,21H,4-5,10H2,1-3H3/t16-/m1/s1. The second-order valence-electron chi connectivity index (χ2n) is 6.26. The Morgan fingerprint density at radius 1 is 1.25 bits per heavy atom. The number of cyclic esters (lactones) is 1. The molecule has 1 aromatic carbocycles. The molecule has 1 atom stereocenters. The molecule has 1 aromatic heterocycles. The number of nitrogens with one attached hydrogen (secondary N) is 1. The average molecular weight is 403 g/mol. The van der Waals surface area contributed by atoms with Crippen LogP contribution in [-0.4, -0.2) is 31.6 Å². The zero-order valence-corrected chi connectivity index (χ0v) is 16.7. The van der Waals surface area contributed by atoms with Gasteiger partial charge >= 0.3 is 17.9 Å². The normalized spacial score (nSPS) is 15.0. The van der Waals surface area contributed by atoms with Crippen LogP contribution in [0.4, 0.5) is 5.00 Å². The van der Waals surface area contributed by atoms with Gasteiger partial charge in [-0.05, 0) is 25.0 Å². The fraction of sp³-hybridized carbons (Fsp3) is 0.350. The molecule has 3 rings (SSSR count). The topological polar surface area (TPSA) is 90.9 Å². The number of benzene rings is 1. The van der Waals surface area contributed by atoms with Crippen molar-refractivity contribution in [2.75, 3.05) is 19.0 Å². The monoisotopic (exact) mass is 403 g/mol. The van der Waals surface area contributed by atoms with E-state index in [0.717, 1.165) is 24.2 Å². The lowest BCUT2D eigenvalue weighted by Crippen LogP contribution is -2.14. The minimum atomic E-state index is -0.755. The van der Waals surface area contributed by atoms with E-state index < -0.39 is 24.1 Å². The fourth-order valence-electron chi connectivity index (χ4n) is 2.90. The number of rotatable bonds is 7. The Balaban J connectivity index is 1.94. The van der Waals surface area contributed by atoms with Crippen LogP contribution in [0.15, 0.2) is 24.3 Å². The lowest BCUT2D eigenvalue weighted by molar-refractivity contribution is 0.0437. The van der Waals surface area contributed by atoms with Crippen molar-refractivity contribution in [1.29, 1.82) is 0 Å². The van der Waals surface area contributed by atoms with Gasteiger partial charge in [-0.25, -0.2) is 14.4 Å². The van der Waals surface area contributed by atoms with Gasteiger partial charge in [0, 0.05) is 5.56 Å². The van der Waals surface area contributed by atoms with Crippen LogP contribution >= 0.6 is 11.3 Å². The van der Waals surface area contributed by atoms with Gasteiger partial charge in [0.2, 0.25) is 6.23 Å². The third-order valence-electron chi connectivity index (χ3n) is 4.40. The molecule has 8 heteroatoms. The first-order valence-electron chi connectivity index (χ1n) is 8.93. The highest BCUT2D eigenvalue weighted by molar-refractivity contribution is 7.18. The molecule has 1 aliphatic rings. The molecular weight excluding hydrogens is 382 g/mol. The van der Waals surface area contributed by atoms with Crippen LogP contribution < -0.4 is 5.32 Å². The van der Waals surface area contributed by atoms with E-state index in [1.807, 2.05) is 6.92 Å². The molecule has 0 amide bonds. The lowest BCUT2D eigenvalue weighted by Gasteiger charge is -2.14. The van der Waals surface area contributed by atoms with Crippen LogP contribution in [0.5, 0.6) is 0 Å². The summed E-state index contributed by atoms with van der Waals surface area (Å²) in [5, 5.41) is 3.47. The molecule has 1 N–H and O–H groups in total. The fourth-order valence-corrected chi connectivity index (χ4v) is 4.03. The van der Waals surface area contributed by atoms with Gasteiger partial charge in [0.15, 0.2) is 0 Å². The van der Waals surface area contributed by atoms with Gasteiger partial charge in [-0.3, -0.25) is 0 Å². The van der Waals surface area contributed by atoms with Crippen LogP contribution in [0.2, 0.25) is 0 Å². The third kappa shape index (κ3) is 3.73. The predicted molar refractivity (Wildman–Crippen MR) is 104 cm³/mol. The zero-order valence-electron chi connectivity index (χ0n) is 15.9. The van der Waals surface area contributed by atoms with Gasteiger partial charge in [0.05, 0.1) is 24.8 Å². The van der Waals surface area contributed by atoms with Crippen molar-refractivity contribution in [2.45, 2.75) is 32.9 Å². The SMILES string of the molecule is CCCCOC(=O)c1c(N[C@@H]2OC(=O)c3ccccc32)sc(C(=O)OC)c1C. The highest BCUT2D eigenvalue weighted by Gasteiger charge is 2.33. The second kappa shape index (κ2) is 8.43. The van der Waals surface area contributed by atoms with E-state index in [4.69, 9.17) is 14.2 Å². The van der Waals surface area contributed by atoms with Gasteiger partial charge in [-0.15, -0.1) is 11.3 Å². The van der Waals surface area contributed by atoms with Crippen LogP contribution in [-0.2, 0) is 14.2 Å². The summed E-state index contributed by atoms with van der Waals surface area (Å²) in [6.45, 7) is 3.95. The Morgan fingerprint density at radius 3 is 2.71 bits per heavy atom. The predicted octanol–water partition coefficient (Wildman–Crippen LogP) is 4.08. The van der Waals surface area contributed by atoms with E-state index in [9.17, 15) is 14.4 Å². The molecule has 0 fully saturated rings. The molecule has 0 radical (unpaired) electrons. The van der Waals surface area contributed by atoms with Crippen molar-refractivity contribution < 1.29 is 28.6 Å². The minimum Gasteiger partial charge on any atom is -0.465 e. The summed E-state index contributed by atoms with van der Waals surface area (Å²) in [5.74, 6) is -1.51. The molecule has 1 aliphatic heterocycles. The number of unbranched alkanes of at least 4 members (excludes halogenated alkanes) is 1. The van der Waals surface area contributed by atoms with Gasteiger partial charge in [-0.2, -0.15) is 0 Å². The Hall–Kier alpha value is -2.87. The van der Waals surface area contributed by atoms with Crippen LogP contribution in [0.1, 0.15) is 67.5 Å². The maximum absolute atomic E-state index is 12.7. The lowest BCUT2D eigenvalue weighted by atomic mass is 10.1. The number of esters is 3. The Labute approximate surface area is 166 Å². The first-order valence-corrected chi connectivity index (χ1v) is 9.74. The third-order valence-corrected chi connectivity index (χ3v) is 5.61. The van der Waals surface area contributed by atoms with E-state index in [1.165, 1.54) is 7.11 Å². The summed E-state index contributed by atoms with van der Waals surface area (Å²) in [4.78, 5) is 37.1. The number of methoxy groups -OCH3 is 1. The molecular formula is C20H21NO6S. The van der Waals surface area contributed by atoms with Gasteiger partial charge in [0.1, 0.15) is 9.88 Å². The highest BCUT2D eigenvalue weighted by atomic mass is 32.1. The Kier molecular flexibility index (Phi) is 5.99. The molecule has 0 bridgehead atoms. The number of anilines is 1. The molecule has 28 heavy (non-hydrogen) atoms. The maximum atomic E-state index is 12.7. The average Bonchev–Trinajstić information content (AvgIpc) is 3.19. The van der Waals surface area contributed by atoms with Crippen LogP contribution in [0.25, 0.3) is 0 Å². The molecule has 7 nitrogen and oxygen atoms in total.